The summed E-state index contributed by atoms with van der Waals surface area (Å²) in [7, 11) is 0. The molecule has 0 aliphatic carbocycles. The van der Waals surface area contributed by atoms with E-state index in [1.54, 1.807) is 18.7 Å². The second kappa shape index (κ2) is 5.97. The highest BCUT2D eigenvalue weighted by molar-refractivity contribution is 6.32. The molecule has 0 amide bonds. The quantitative estimate of drug-likeness (QED) is 0.735. The van der Waals surface area contributed by atoms with E-state index >= 15 is 0 Å². The first-order valence-electron chi connectivity index (χ1n) is 6.54. The predicted molar refractivity (Wildman–Crippen MR) is 81.9 cm³/mol. The van der Waals surface area contributed by atoms with Gasteiger partial charge in [-0.1, -0.05) is 23.7 Å². The van der Waals surface area contributed by atoms with Crippen LogP contribution in [0.4, 0.5) is 0 Å². The van der Waals surface area contributed by atoms with Crippen molar-refractivity contribution in [3.8, 4) is 11.6 Å². The second-order valence-corrected chi connectivity index (χ2v) is 5.12. The zero-order valence-corrected chi connectivity index (χ0v) is 12.3. The first-order chi connectivity index (χ1) is 10.2. The van der Waals surface area contributed by atoms with Crippen molar-refractivity contribution < 1.29 is 4.74 Å². The molecule has 0 aliphatic heterocycles. The standard InChI is InChI=1S/C16H14ClN3O/c1-12-2-4-14(17)15(8-12)21-10-13-3-5-16(19-9-13)20-7-6-18-11-20/h2-9,11H,10H2,1H3. The lowest BCUT2D eigenvalue weighted by Crippen LogP contribution is -1.99. The normalized spacial score (nSPS) is 10.6. The minimum atomic E-state index is 0.431. The largest absolute Gasteiger partial charge is 0.487 e. The molecule has 0 saturated heterocycles. The Morgan fingerprint density at radius 3 is 2.86 bits per heavy atom. The fraction of sp³-hybridized carbons (Fsp3) is 0.125. The topological polar surface area (TPSA) is 39.9 Å². The first-order valence-corrected chi connectivity index (χ1v) is 6.92. The van der Waals surface area contributed by atoms with E-state index in [9.17, 15) is 0 Å². The van der Waals surface area contributed by atoms with E-state index in [1.807, 2.05) is 48.0 Å². The average molecular weight is 300 g/mol. The van der Waals surface area contributed by atoms with E-state index < -0.39 is 0 Å². The van der Waals surface area contributed by atoms with Crippen LogP contribution in [0.3, 0.4) is 0 Å². The number of imidazole rings is 1. The van der Waals surface area contributed by atoms with Crippen molar-refractivity contribution >= 4 is 11.6 Å². The summed E-state index contributed by atoms with van der Waals surface area (Å²) in [5.74, 6) is 1.51. The molecule has 0 unspecified atom stereocenters. The van der Waals surface area contributed by atoms with Crippen LogP contribution in [-0.4, -0.2) is 14.5 Å². The van der Waals surface area contributed by atoms with Gasteiger partial charge in [0, 0.05) is 24.2 Å². The summed E-state index contributed by atoms with van der Waals surface area (Å²) in [4.78, 5) is 8.38. The molecule has 0 radical (unpaired) electrons. The van der Waals surface area contributed by atoms with Gasteiger partial charge in [-0.3, -0.25) is 4.57 Å². The Hall–Kier alpha value is -2.33. The van der Waals surface area contributed by atoms with Crippen molar-refractivity contribution in [2.45, 2.75) is 13.5 Å². The number of pyridine rings is 1. The predicted octanol–water partition coefficient (Wildman–Crippen LogP) is 3.81. The number of aryl methyl sites for hydroxylation is 1. The van der Waals surface area contributed by atoms with Crippen molar-refractivity contribution in [1.82, 2.24) is 14.5 Å². The highest BCUT2D eigenvalue weighted by Crippen LogP contribution is 2.26. The molecule has 2 aromatic heterocycles. The lowest BCUT2D eigenvalue weighted by atomic mass is 10.2. The molecule has 5 heteroatoms. The number of benzene rings is 1. The molecule has 0 atom stereocenters. The maximum Gasteiger partial charge on any atom is 0.138 e. The van der Waals surface area contributed by atoms with Crippen molar-refractivity contribution in [2.75, 3.05) is 0 Å². The zero-order valence-electron chi connectivity index (χ0n) is 11.5. The molecular formula is C16H14ClN3O. The van der Waals surface area contributed by atoms with E-state index in [4.69, 9.17) is 16.3 Å². The SMILES string of the molecule is Cc1ccc(Cl)c(OCc2ccc(-n3ccnc3)nc2)c1. The van der Waals surface area contributed by atoms with Crippen molar-refractivity contribution in [3.05, 3.63) is 71.4 Å². The summed E-state index contributed by atoms with van der Waals surface area (Å²) < 4.78 is 7.59. The zero-order chi connectivity index (χ0) is 14.7. The Morgan fingerprint density at radius 2 is 2.14 bits per heavy atom. The van der Waals surface area contributed by atoms with Gasteiger partial charge in [0.15, 0.2) is 0 Å². The maximum atomic E-state index is 6.10. The van der Waals surface area contributed by atoms with Crippen LogP contribution in [0.25, 0.3) is 5.82 Å². The third-order valence-electron chi connectivity index (χ3n) is 3.06. The molecule has 106 valence electrons. The van der Waals surface area contributed by atoms with Crippen LogP contribution in [0.5, 0.6) is 5.75 Å². The van der Waals surface area contributed by atoms with E-state index in [1.165, 1.54) is 0 Å². The molecule has 1 aromatic carbocycles. The fourth-order valence-corrected chi connectivity index (χ4v) is 2.10. The average Bonchev–Trinajstić information content (AvgIpc) is 3.03. The lowest BCUT2D eigenvalue weighted by Gasteiger charge is -2.09. The van der Waals surface area contributed by atoms with Gasteiger partial charge >= 0.3 is 0 Å². The minimum Gasteiger partial charge on any atom is -0.487 e. The van der Waals surface area contributed by atoms with Gasteiger partial charge in [0.2, 0.25) is 0 Å². The Morgan fingerprint density at radius 1 is 1.24 bits per heavy atom. The van der Waals surface area contributed by atoms with Crippen molar-refractivity contribution in [3.63, 3.8) is 0 Å². The molecule has 0 N–H and O–H groups in total. The van der Waals surface area contributed by atoms with Gasteiger partial charge in [-0.2, -0.15) is 0 Å². The molecule has 0 saturated carbocycles. The number of rotatable bonds is 4. The van der Waals surface area contributed by atoms with E-state index in [-0.39, 0.29) is 0 Å². The summed E-state index contributed by atoms with van der Waals surface area (Å²) >= 11 is 6.10. The summed E-state index contributed by atoms with van der Waals surface area (Å²) in [6.07, 6.45) is 7.08. The number of hydrogen-bond donors (Lipinski definition) is 0. The number of hydrogen-bond acceptors (Lipinski definition) is 3. The molecule has 0 spiro atoms. The Labute approximate surface area is 128 Å². The smallest absolute Gasteiger partial charge is 0.138 e. The van der Waals surface area contributed by atoms with E-state index in [2.05, 4.69) is 9.97 Å². The second-order valence-electron chi connectivity index (χ2n) is 4.72. The monoisotopic (exact) mass is 299 g/mol. The van der Waals surface area contributed by atoms with Crippen LogP contribution < -0.4 is 4.74 Å². The van der Waals surface area contributed by atoms with Gasteiger partial charge in [0.05, 0.1) is 5.02 Å². The number of nitrogens with zero attached hydrogens (tertiary/aromatic N) is 3. The number of aromatic nitrogens is 3. The summed E-state index contributed by atoms with van der Waals surface area (Å²) in [6.45, 7) is 2.44. The maximum absolute atomic E-state index is 6.10. The highest BCUT2D eigenvalue weighted by Gasteiger charge is 2.03. The Bertz CT molecular complexity index is 724. The molecule has 21 heavy (non-hydrogen) atoms. The van der Waals surface area contributed by atoms with Gasteiger partial charge in [-0.15, -0.1) is 0 Å². The summed E-state index contributed by atoms with van der Waals surface area (Å²) in [5.41, 5.74) is 2.10. The molecule has 0 bridgehead atoms. The molecule has 3 aromatic rings. The lowest BCUT2D eigenvalue weighted by molar-refractivity contribution is 0.306. The third-order valence-corrected chi connectivity index (χ3v) is 3.37. The molecule has 3 rings (SSSR count). The summed E-state index contributed by atoms with van der Waals surface area (Å²) in [5, 5.41) is 0.614. The van der Waals surface area contributed by atoms with Crippen LogP contribution in [-0.2, 0) is 6.61 Å². The van der Waals surface area contributed by atoms with Crippen LogP contribution in [0.1, 0.15) is 11.1 Å². The molecule has 0 aliphatic rings. The van der Waals surface area contributed by atoms with Crippen LogP contribution in [0, 0.1) is 6.92 Å². The number of halogens is 1. The van der Waals surface area contributed by atoms with Gasteiger partial charge in [-0.05, 0) is 30.7 Å². The van der Waals surface area contributed by atoms with Crippen molar-refractivity contribution in [1.29, 1.82) is 0 Å². The van der Waals surface area contributed by atoms with Gasteiger partial charge in [-0.25, -0.2) is 9.97 Å². The molecule has 4 nitrogen and oxygen atoms in total. The Kier molecular flexibility index (Phi) is 3.88. The minimum absolute atomic E-state index is 0.431. The van der Waals surface area contributed by atoms with Crippen LogP contribution in [0.2, 0.25) is 5.02 Å². The highest BCUT2D eigenvalue weighted by atomic mass is 35.5. The molecular weight excluding hydrogens is 286 g/mol. The van der Waals surface area contributed by atoms with Gasteiger partial charge in [0.25, 0.3) is 0 Å². The van der Waals surface area contributed by atoms with Crippen molar-refractivity contribution in [2.24, 2.45) is 0 Å². The van der Waals surface area contributed by atoms with Gasteiger partial charge in [0.1, 0.15) is 24.5 Å². The number of ether oxygens (including phenoxy) is 1. The fourth-order valence-electron chi connectivity index (χ4n) is 1.93. The summed E-state index contributed by atoms with van der Waals surface area (Å²) in [6, 6.07) is 9.63. The molecule has 0 fully saturated rings. The van der Waals surface area contributed by atoms with E-state index in [0.29, 0.717) is 17.4 Å². The van der Waals surface area contributed by atoms with E-state index in [0.717, 1.165) is 16.9 Å². The molecule has 2 heterocycles. The van der Waals surface area contributed by atoms with Crippen LogP contribution in [0.15, 0.2) is 55.2 Å². The Balaban J connectivity index is 1.70. The van der Waals surface area contributed by atoms with Crippen LogP contribution >= 0.6 is 11.6 Å². The third kappa shape index (κ3) is 3.23. The first kappa shape index (κ1) is 13.6. The van der Waals surface area contributed by atoms with Gasteiger partial charge < -0.3 is 4.74 Å².